The molecule has 28 heavy (non-hydrogen) atoms. The zero-order chi connectivity index (χ0) is 19.3. The minimum atomic E-state index is -3.41. The van der Waals surface area contributed by atoms with Crippen molar-refractivity contribution >= 4 is 28.2 Å². The molecule has 7 nitrogen and oxygen atoms in total. The van der Waals surface area contributed by atoms with Crippen LogP contribution in [0.1, 0.15) is 22.0 Å². The number of aromatic nitrogens is 1. The number of amides is 1. The average molecular weight is 426 g/mol. The molecule has 1 saturated heterocycles. The van der Waals surface area contributed by atoms with Crippen molar-refractivity contribution in [2.45, 2.75) is 10.9 Å². The number of benzene rings is 1. The van der Waals surface area contributed by atoms with Crippen LogP contribution in [0.15, 0.2) is 53.7 Å². The summed E-state index contributed by atoms with van der Waals surface area (Å²) in [4.78, 5) is 19.2. The molecule has 1 fully saturated rings. The highest BCUT2D eigenvalue weighted by molar-refractivity contribution is 7.91. The molecule has 2 heterocycles. The van der Waals surface area contributed by atoms with E-state index in [0.717, 1.165) is 5.56 Å². The van der Waals surface area contributed by atoms with Gasteiger partial charge in [0.2, 0.25) is 0 Å². The van der Waals surface area contributed by atoms with Gasteiger partial charge in [0.25, 0.3) is 5.91 Å². The molecular formula is C19H24ClN3O4S. The molecule has 0 bridgehead atoms. The number of nitrogens with zero attached hydrogens (tertiary/aromatic N) is 2. The van der Waals surface area contributed by atoms with Gasteiger partial charge in [-0.15, -0.1) is 12.4 Å². The number of ether oxygens (including phenoxy) is 1. The fourth-order valence-corrected chi connectivity index (χ4v) is 4.27. The van der Waals surface area contributed by atoms with Crippen LogP contribution in [0.3, 0.4) is 0 Å². The van der Waals surface area contributed by atoms with Gasteiger partial charge < -0.3 is 15.0 Å². The Bertz CT molecular complexity index is 876. The molecule has 0 saturated carbocycles. The Kier molecular flexibility index (Phi) is 7.94. The summed E-state index contributed by atoms with van der Waals surface area (Å²) in [5.74, 6) is -0.205. The van der Waals surface area contributed by atoms with Gasteiger partial charge in [0, 0.05) is 44.7 Å². The lowest BCUT2D eigenvalue weighted by Gasteiger charge is -2.36. The number of halogens is 1. The summed E-state index contributed by atoms with van der Waals surface area (Å²) in [6.07, 6.45) is 3.47. The van der Waals surface area contributed by atoms with E-state index in [4.69, 9.17) is 4.74 Å². The van der Waals surface area contributed by atoms with Crippen LogP contribution in [0.5, 0.6) is 0 Å². The number of rotatable bonds is 6. The Hall–Kier alpha value is -2.00. The van der Waals surface area contributed by atoms with Crippen LogP contribution in [-0.2, 0) is 14.6 Å². The van der Waals surface area contributed by atoms with E-state index < -0.39 is 9.84 Å². The Morgan fingerprint density at radius 2 is 2.04 bits per heavy atom. The van der Waals surface area contributed by atoms with Crippen molar-refractivity contribution in [1.29, 1.82) is 0 Å². The number of sulfone groups is 1. The highest BCUT2D eigenvalue weighted by atomic mass is 35.5. The summed E-state index contributed by atoms with van der Waals surface area (Å²) in [5, 5.41) is 3.31. The predicted molar refractivity (Wildman–Crippen MR) is 109 cm³/mol. The topological polar surface area (TPSA) is 88.6 Å². The lowest BCUT2D eigenvalue weighted by molar-refractivity contribution is 0.0634. The van der Waals surface area contributed by atoms with Crippen molar-refractivity contribution in [3.63, 3.8) is 0 Å². The molecule has 3 rings (SSSR count). The van der Waals surface area contributed by atoms with E-state index in [1.807, 2.05) is 17.0 Å². The fourth-order valence-electron chi connectivity index (χ4n) is 3.10. The summed E-state index contributed by atoms with van der Waals surface area (Å²) in [5.41, 5.74) is 1.44. The minimum Gasteiger partial charge on any atom is -0.384 e. The van der Waals surface area contributed by atoms with Crippen molar-refractivity contribution in [1.82, 2.24) is 15.2 Å². The first-order valence-corrected chi connectivity index (χ1v) is 10.4. The van der Waals surface area contributed by atoms with Crippen molar-refractivity contribution in [2.24, 2.45) is 0 Å². The van der Waals surface area contributed by atoms with E-state index in [2.05, 4.69) is 10.3 Å². The smallest absolute Gasteiger partial charge is 0.254 e. The van der Waals surface area contributed by atoms with Gasteiger partial charge in [-0.2, -0.15) is 0 Å². The van der Waals surface area contributed by atoms with Gasteiger partial charge in [-0.3, -0.25) is 9.78 Å². The first-order chi connectivity index (χ1) is 13.0. The second-order valence-electron chi connectivity index (χ2n) is 6.34. The zero-order valence-electron chi connectivity index (χ0n) is 15.6. The zero-order valence-corrected chi connectivity index (χ0v) is 17.2. The molecule has 1 amide bonds. The van der Waals surface area contributed by atoms with E-state index in [0.29, 0.717) is 25.2 Å². The number of pyridine rings is 1. The van der Waals surface area contributed by atoms with Crippen molar-refractivity contribution in [3.05, 3.63) is 59.9 Å². The third-order valence-corrected chi connectivity index (χ3v) is 6.28. The Balaban J connectivity index is 0.00000280. The molecule has 1 aliphatic rings. The molecule has 1 atom stereocenters. The molecule has 0 radical (unpaired) electrons. The highest BCUT2D eigenvalue weighted by Crippen LogP contribution is 2.24. The van der Waals surface area contributed by atoms with Crippen LogP contribution in [-0.4, -0.2) is 63.3 Å². The van der Waals surface area contributed by atoms with Gasteiger partial charge in [0.1, 0.15) is 0 Å². The largest absolute Gasteiger partial charge is 0.384 e. The maximum Gasteiger partial charge on any atom is 0.254 e. The lowest BCUT2D eigenvalue weighted by atomic mass is 10.0. The molecule has 0 spiro atoms. The monoisotopic (exact) mass is 425 g/mol. The van der Waals surface area contributed by atoms with Crippen LogP contribution in [0.2, 0.25) is 0 Å². The maximum absolute atomic E-state index is 13.0. The first kappa shape index (κ1) is 22.3. The van der Waals surface area contributed by atoms with Gasteiger partial charge in [0.15, 0.2) is 9.84 Å². The summed E-state index contributed by atoms with van der Waals surface area (Å²) < 4.78 is 29.3. The molecule has 1 unspecified atom stereocenters. The summed E-state index contributed by atoms with van der Waals surface area (Å²) in [6, 6.07) is 9.82. The van der Waals surface area contributed by atoms with Crippen LogP contribution >= 0.6 is 12.4 Å². The Labute approximate surface area is 171 Å². The fraction of sp³-hybridized carbons (Fsp3) is 0.368. The molecule has 0 aliphatic carbocycles. The molecule has 152 valence electrons. The van der Waals surface area contributed by atoms with Gasteiger partial charge in [-0.1, -0.05) is 6.07 Å². The molecular weight excluding hydrogens is 402 g/mol. The number of carbonyl (C=O) groups excluding carboxylic acids is 1. The number of hydrogen-bond donors (Lipinski definition) is 1. The number of hydrogen-bond acceptors (Lipinski definition) is 6. The van der Waals surface area contributed by atoms with Gasteiger partial charge in [0.05, 0.1) is 23.3 Å². The average Bonchev–Trinajstić information content (AvgIpc) is 2.72. The number of piperazine rings is 1. The standard InChI is InChI=1S/C19H23N3O4S.ClH/c1-26-11-12-27(24,25)17-6-4-15(5-7-17)19(23)22-10-9-21-14-18(22)16-3-2-8-20-13-16;/h2-8,13,18,21H,9-12,14H2,1H3;1H. The summed E-state index contributed by atoms with van der Waals surface area (Å²) in [6.45, 7) is 2.08. The van der Waals surface area contributed by atoms with Gasteiger partial charge in [-0.05, 0) is 35.9 Å². The quantitative estimate of drug-likeness (QED) is 0.757. The predicted octanol–water partition coefficient (Wildman–Crippen LogP) is 1.71. The second-order valence-corrected chi connectivity index (χ2v) is 8.45. The lowest BCUT2D eigenvalue weighted by Crippen LogP contribution is -2.48. The molecule has 9 heteroatoms. The van der Waals surface area contributed by atoms with Crippen LogP contribution in [0.25, 0.3) is 0 Å². The summed E-state index contributed by atoms with van der Waals surface area (Å²) in [7, 11) is -1.95. The van der Waals surface area contributed by atoms with Crippen molar-refractivity contribution in [2.75, 3.05) is 39.1 Å². The SMILES string of the molecule is COCCS(=O)(=O)c1ccc(C(=O)N2CCNCC2c2cccnc2)cc1.Cl. The summed E-state index contributed by atoms with van der Waals surface area (Å²) >= 11 is 0. The van der Waals surface area contributed by atoms with Crippen molar-refractivity contribution in [3.8, 4) is 0 Å². The maximum atomic E-state index is 13.0. The molecule has 1 aliphatic heterocycles. The van der Waals surface area contributed by atoms with E-state index in [-0.39, 0.29) is 41.6 Å². The number of carbonyl (C=O) groups is 1. The van der Waals surface area contributed by atoms with Gasteiger partial charge >= 0.3 is 0 Å². The van der Waals surface area contributed by atoms with Crippen molar-refractivity contribution < 1.29 is 17.9 Å². The van der Waals surface area contributed by atoms with E-state index >= 15 is 0 Å². The third-order valence-electron chi connectivity index (χ3n) is 4.59. The Morgan fingerprint density at radius 1 is 1.29 bits per heavy atom. The molecule has 2 aromatic rings. The molecule has 1 aromatic carbocycles. The van der Waals surface area contributed by atoms with Crippen LogP contribution in [0, 0.1) is 0 Å². The molecule has 1 aromatic heterocycles. The number of methoxy groups -OCH3 is 1. The van der Waals surface area contributed by atoms with E-state index in [1.54, 1.807) is 24.5 Å². The van der Waals surface area contributed by atoms with Crippen LogP contribution in [0.4, 0.5) is 0 Å². The Morgan fingerprint density at radius 3 is 2.68 bits per heavy atom. The van der Waals surface area contributed by atoms with E-state index in [1.165, 1.54) is 19.2 Å². The second kappa shape index (κ2) is 9.97. The third kappa shape index (κ3) is 5.08. The number of nitrogens with one attached hydrogen (secondary N) is 1. The first-order valence-electron chi connectivity index (χ1n) is 8.76. The van der Waals surface area contributed by atoms with E-state index in [9.17, 15) is 13.2 Å². The van der Waals surface area contributed by atoms with Gasteiger partial charge in [-0.25, -0.2) is 8.42 Å². The normalized spacial score (nSPS) is 17.0. The van der Waals surface area contributed by atoms with Crippen LogP contribution < -0.4 is 5.32 Å². The molecule has 1 N–H and O–H groups in total. The minimum absolute atomic E-state index is 0. The highest BCUT2D eigenvalue weighted by Gasteiger charge is 2.29.